The Hall–Kier alpha value is -1.36. The van der Waals surface area contributed by atoms with Gasteiger partial charge in [0.25, 0.3) is 0 Å². The number of aromatic nitrogens is 4. The Bertz CT molecular complexity index is 318. The maximum atomic E-state index is 4.01. The topological polar surface area (TPSA) is 51.6 Å². The summed E-state index contributed by atoms with van der Waals surface area (Å²) in [5.74, 6) is 0. The van der Waals surface area contributed by atoms with E-state index in [2.05, 4.69) is 26.4 Å². The van der Waals surface area contributed by atoms with E-state index in [1.165, 1.54) is 17.5 Å². The van der Waals surface area contributed by atoms with Crippen LogP contribution < -0.4 is 0 Å². The lowest BCUT2D eigenvalue weighted by Crippen LogP contribution is -1.82. The lowest BCUT2D eigenvalue weighted by Gasteiger charge is -1.88. The van der Waals surface area contributed by atoms with Gasteiger partial charge in [-0.2, -0.15) is 0 Å². The molecule has 0 unspecified atom stereocenters. The molecule has 2 rings (SSSR count). The minimum Gasteiger partial charge on any atom is -0.251 e. The molecule has 0 N–H and O–H groups in total. The molecule has 4 nitrogen and oxygen atoms in total. The summed E-state index contributed by atoms with van der Waals surface area (Å²) in [6.45, 7) is 0. The Morgan fingerprint density at radius 1 is 1.45 bits per heavy atom. The first-order chi connectivity index (χ1) is 5.47. The Labute approximate surface area is 67.0 Å². The number of rotatable bonds is 1. The van der Waals surface area contributed by atoms with Crippen LogP contribution in [0.5, 0.6) is 0 Å². The van der Waals surface area contributed by atoms with Gasteiger partial charge in [-0.25, -0.2) is 4.98 Å². The fourth-order valence-electron chi connectivity index (χ4n) is 0.659. The predicted molar refractivity (Wildman–Crippen MR) is 39.8 cm³/mol. The van der Waals surface area contributed by atoms with Crippen molar-refractivity contribution in [2.24, 2.45) is 0 Å². The molecule has 0 spiro atoms. The fourth-order valence-corrected chi connectivity index (χ4v) is 1.17. The lowest BCUT2D eigenvalue weighted by molar-refractivity contribution is 1.08. The molecule has 0 amide bonds. The van der Waals surface area contributed by atoms with Crippen LogP contribution in [0.4, 0.5) is 0 Å². The maximum absolute atomic E-state index is 4.01. The molecular formula is C6H3N4S. The summed E-state index contributed by atoms with van der Waals surface area (Å²) >= 11 is 1.44. The standard InChI is InChI=1S/C6H3N4S/c1-2-8-5(3-7-1)6-10-9-4-11-6/h2-4H. The second kappa shape index (κ2) is 2.71. The normalized spacial score (nSPS) is 9.82. The SMILES string of the molecule is [c]1cnc(-c2nncs2)cn1. The highest BCUT2D eigenvalue weighted by Crippen LogP contribution is 2.15. The molecule has 0 aromatic carbocycles. The molecule has 53 valence electrons. The first-order valence-electron chi connectivity index (χ1n) is 2.91. The summed E-state index contributed by atoms with van der Waals surface area (Å²) in [7, 11) is 0. The van der Waals surface area contributed by atoms with E-state index in [1.807, 2.05) is 0 Å². The van der Waals surface area contributed by atoms with Crippen molar-refractivity contribution in [1.29, 1.82) is 0 Å². The second-order valence-electron chi connectivity index (χ2n) is 1.77. The average molecular weight is 163 g/mol. The van der Waals surface area contributed by atoms with Crippen molar-refractivity contribution in [2.75, 3.05) is 0 Å². The number of nitrogens with zero attached hydrogens (tertiary/aromatic N) is 4. The highest BCUT2D eigenvalue weighted by atomic mass is 32.1. The van der Waals surface area contributed by atoms with Gasteiger partial charge in [0, 0.05) is 0 Å². The van der Waals surface area contributed by atoms with E-state index in [0.717, 1.165) is 10.7 Å². The highest BCUT2D eigenvalue weighted by molar-refractivity contribution is 7.12. The van der Waals surface area contributed by atoms with E-state index in [-0.39, 0.29) is 0 Å². The van der Waals surface area contributed by atoms with Crippen LogP contribution in [0.25, 0.3) is 10.7 Å². The molecule has 1 radical (unpaired) electrons. The summed E-state index contributed by atoms with van der Waals surface area (Å²) in [6.07, 6.45) is 5.71. The quantitative estimate of drug-likeness (QED) is 0.623. The van der Waals surface area contributed by atoms with Gasteiger partial charge in [-0.05, 0) is 0 Å². The fraction of sp³-hybridized carbons (Fsp3) is 0. The monoisotopic (exact) mass is 163 g/mol. The summed E-state index contributed by atoms with van der Waals surface area (Å²) in [4.78, 5) is 7.80. The van der Waals surface area contributed by atoms with Crippen LogP contribution >= 0.6 is 11.3 Å². The van der Waals surface area contributed by atoms with Crippen LogP contribution in [0, 0.1) is 6.20 Å². The molecule has 2 aromatic rings. The molecule has 2 aromatic heterocycles. The molecule has 0 aliphatic rings. The molecule has 0 aliphatic heterocycles. The average Bonchev–Trinajstić information content (AvgIpc) is 2.58. The van der Waals surface area contributed by atoms with Crippen molar-refractivity contribution in [3.63, 3.8) is 0 Å². The van der Waals surface area contributed by atoms with Crippen LogP contribution in [0.15, 0.2) is 17.9 Å². The lowest BCUT2D eigenvalue weighted by atomic mass is 10.5. The van der Waals surface area contributed by atoms with Crippen molar-refractivity contribution in [3.8, 4) is 10.7 Å². The summed E-state index contributed by atoms with van der Waals surface area (Å²) in [5.41, 5.74) is 2.40. The van der Waals surface area contributed by atoms with E-state index < -0.39 is 0 Å². The molecular weight excluding hydrogens is 160 g/mol. The number of hydrogen-bond acceptors (Lipinski definition) is 5. The maximum Gasteiger partial charge on any atom is 0.167 e. The first-order valence-corrected chi connectivity index (χ1v) is 3.79. The van der Waals surface area contributed by atoms with Gasteiger partial charge in [0.15, 0.2) is 5.01 Å². The van der Waals surface area contributed by atoms with Gasteiger partial charge in [0.05, 0.1) is 12.4 Å². The smallest absolute Gasteiger partial charge is 0.167 e. The molecule has 0 aliphatic carbocycles. The zero-order chi connectivity index (χ0) is 7.52. The Kier molecular flexibility index (Phi) is 1.57. The zero-order valence-corrected chi connectivity index (χ0v) is 6.25. The van der Waals surface area contributed by atoms with Crippen LogP contribution in [0.3, 0.4) is 0 Å². The predicted octanol–water partition coefficient (Wildman–Crippen LogP) is 0.795. The van der Waals surface area contributed by atoms with Gasteiger partial charge in [0.2, 0.25) is 0 Å². The Morgan fingerprint density at radius 3 is 3.09 bits per heavy atom. The molecule has 11 heavy (non-hydrogen) atoms. The van der Waals surface area contributed by atoms with Crippen molar-refractivity contribution < 1.29 is 0 Å². The van der Waals surface area contributed by atoms with E-state index in [4.69, 9.17) is 0 Å². The van der Waals surface area contributed by atoms with Gasteiger partial charge < -0.3 is 0 Å². The van der Waals surface area contributed by atoms with Crippen molar-refractivity contribution >= 4 is 11.3 Å². The van der Waals surface area contributed by atoms with Gasteiger partial charge in [-0.3, -0.25) is 4.98 Å². The van der Waals surface area contributed by atoms with E-state index in [0.29, 0.717) is 0 Å². The molecule has 0 bridgehead atoms. The van der Waals surface area contributed by atoms with E-state index >= 15 is 0 Å². The van der Waals surface area contributed by atoms with Gasteiger partial charge >= 0.3 is 0 Å². The minimum absolute atomic E-state index is 0.742. The van der Waals surface area contributed by atoms with Crippen LogP contribution in [0.1, 0.15) is 0 Å². The van der Waals surface area contributed by atoms with Crippen LogP contribution in [-0.2, 0) is 0 Å². The summed E-state index contributed by atoms with van der Waals surface area (Å²) < 4.78 is 0. The zero-order valence-electron chi connectivity index (χ0n) is 5.43. The highest BCUT2D eigenvalue weighted by Gasteiger charge is 2.00. The largest absolute Gasteiger partial charge is 0.251 e. The molecule has 0 saturated carbocycles. The van der Waals surface area contributed by atoms with Gasteiger partial charge in [-0.1, -0.05) is 11.3 Å². The molecule has 2 heterocycles. The van der Waals surface area contributed by atoms with Crippen LogP contribution in [0.2, 0.25) is 0 Å². The first kappa shape index (κ1) is 6.36. The third-order valence-corrected chi connectivity index (χ3v) is 1.82. The van der Waals surface area contributed by atoms with E-state index in [1.54, 1.807) is 11.7 Å². The Morgan fingerprint density at radius 2 is 2.45 bits per heavy atom. The Balaban J connectivity index is 2.46. The van der Waals surface area contributed by atoms with Gasteiger partial charge in [-0.15, -0.1) is 10.2 Å². The van der Waals surface area contributed by atoms with Gasteiger partial charge in [0.1, 0.15) is 17.4 Å². The third kappa shape index (κ3) is 1.22. The second-order valence-corrected chi connectivity index (χ2v) is 2.61. The van der Waals surface area contributed by atoms with Crippen molar-refractivity contribution in [1.82, 2.24) is 20.2 Å². The summed E-state index contributed by atoms with van der Waals surface area (Å²) in [6, 6.07) is 0. The minimum atomic E-state index is 0.742. The number of hydrogen-bond donors (Lipinski definition) is 0. The van der Waals surface area contributed by atoms with Crippen LogP contribution in [-0.4, -0.2) is 20.2 Å². The molecule has 0 atom stereocenters. The summed E-state index contributed by atoms with van der Waals surface area (Å²) in [5, 5.41) is 8.31. The van der Waals surface area contributed by atoms with Crippen molar-refractivity contribution in [2.45, 2.75) is 0 Å². The third-order valence-electron chi connectivity index (χ3n) is 1.10. The van der Waals surface area contributed by atoms with E-state index in [9.17, 15) is 0 Å². The molecule has 0 fully saturated rings. The van der Waals surface area contributed by atoms with Crippen molar-refractivity contribution in [3.05, 3.63) is 24.1 Å². The molecule has 5 heteroatoms. The molecule has 0 saturated heterocycles.